The van der Waals surface area contributed by atoms with Gasteiger partial charge in [0.2, 0.25) is 0 Å². The third-order valence-corrected chi connectivity index (χ3v) is 4.16. The number of anilines is 1. The summed E-state index contributed by atoms with van der Waals surface area (Å²) in [7, 11) is 0. The van der Waals surface area contributed by atoms with Gasteiger partial charge in [-0.15, -0.1) is 12.4 Å². The number of hydrogen-bond acceptors (Lipinski definition) is 3. The zero-order valence-corrected chi connectivity index (χ0v) is 12.8. The van der Waals surface area contributed by atoms with Gasteiger partial charge in [-0.25, -0.2) is 0 Å². The molecule has 4 heteroatoms. The van der Waals surface area contributed by atoms with Crippen LogP contribution in [0.5, 0.6) is 0 Å². The third-order valence-electron chi connectivity index (χ3n) is 4.16. The molecule has 3 nitrogen and oxygen atoms in total. The highest BCUT2D eigenvalue weighted by atomic mass is 35.5. The van der Waals surface area contributed by atoms with Gasteiger partial charge in [-0.1, -0.05) is 12.1 Å². The molecule has 1 saturated heterocycles. The lowest BCUT2D eigenvalue weighted by Crippen LogP contribution is -2.36. The summed E-state index contributed by atoms with van der Waals surface area (Å²) in [6.07, 6.45) is 5.62. The van der Waals surface area contributed by atoms with Gasteiger partial charge in [0.05, 0.1) is 6.10 Å². The minimum Gasteiger partial charge on any atom is -0.399 e. The van der Waals surface area contributed by atoms with Crippen molar-refractivity contribution in [3.05, 3.63) is 29.8 Å². The van der Waals surface area contributed by atoms with Crippen molar-refractivity contribution >= 4 is 18.1 Å². The first-order chi connectivity index (χ1) is 9.29. The molecular formula is C16H25ClN2O. The second kappa shape index (κ2) is 7.30. The molecule has 0 atom stereocenters. The summed E-state index contributed by atoms with van der Waals surface area (Å²) in [6.45, 7) is 4.30. The molecule has 2 N–H and O–H groups in total. The Morgan fingerprint density at radius 3 is 2.55 bits per heavy atom. The molecule has 1 aromatic rings. The monoisotopic (exact) mass is 296 g/mol. The van der Waals surface area contributed by atoms with Gasteiger partial charge in [0.1, 0.15) is 0 Å². The fourth-order valence-corrected chi connectivity index (χ4v) is 2.74. The van der Waals surface area contributed by atoms with Gasteiger partial charge in [0.15, 0.2) is 0 Å². The quantitative estimate of drug-likeness (QED) is 0.849. The van der Waals surface area contributed by atoms with Crippen molar-refractivity contribution in [3.8, 4) is 0 Å². The van der Waals surface area contributed by atoms with E-state index in [1.165, 1.54) is 31.2 Å². The van der Waals surface area contributed by atoms with Gasteiger partial charge in [0, 0.05) is 31.9 Å². The van der Waals surface area contributed by atoms with Crippen molar-refractivity contribution in [1.29, 1.82) is 0 Å². The predicted molar refractivity (Wildman–Crippen MR) is 85.1 cm³/mol. The molecule has 0 aromatic heterocycles. The predicted octanol–water partition coefficient (Wildman–Crippen LogP) is 3.08. The average Bonchev–Trinajstić information content (AvgIpc) is 3.22. The van der Waals surface area contributed by atoms with Gasteiger partial charge >= 0.3 is 0 Å². The zero-order chi connectivity index (χ0) is 13.1. The van der Waals surface area contributed by atoms with Crippen LogP contribution in [-0.2, 0) is 11.3 Å². The van der Waals surface area contributed by atoms with Crippen LogP contribution in [0.1, 0.15) is 31.2 Å². The first-order valence-electron chi connectivity index (χ1n) is 7.48. The van der Waals surface area contributed by atoms with Crippen molar-refractivity contribution in [2.45, 2.75) is 38.3 Å². The molecule has 0 spiro atoms. The molecule has 1 saturated carbocycles. The van der Waals surface area contributed by atoms with Crippen LogP contribution < -0.4 is 5.73 Å². The van der Waals surface area contributed by atoms with Crippen LogP contribution in [0.4, 0.5) is 5.69 Å². The van der Waals surface area contributed by atoms with E-state index in [1.54, 1.807) is 0 Å². The number of nitrogens with zero attached hydrogens (tertiary/aromatic N) is 1. The average molecular weight is 297 g/mol. The molecule has 20 heavy (non-hydrogen) atoms. The largest absolute Gasteiger partial charge is 0.399 e. The van der Waals surface area contributed by atoms with Crippen molar-refractivity contribution in [2.24, 2.45) is 5.92 Å². The molecule has 0 radical (unpaired) electrons. The van der Waals surface area contributed by atoms with Gasteiger partial charge in [-0.3, -0.25) is 4.90 Å². The van der Waals surface area contributed by atoms with E-state index in [4.69, 9.17) is 10.5 Å². The van der Waals surface area contributed by atoms with Crippen LogP contribution in [0.15, 0.2) is 24.3 Å². The van der Waals surface area contributed by atoms with Gasteiger partial charge < -0.3 is 10.5 Å². The van der Waals surface area contributed by atoms with Gasteiger partial charge in [0.25, 0.3) is 0 Å². The van der Waals surface area contributed by atoms with Crippen LogP contribution in [0.3, 0.4) is 0 Å². The first kappa shape index (κ1) is 15.6. The van der Waals surface area contributed by atoms with E-state index in [9.17, 15) is 0 Å². The molecule has 0 unspecified atom stereocenters. The lowest BCUT2D eigenvalue weighted by atomic mass is 10.1. The van der Waals surface area contributed by atoms with E-state index in [2.05, 4.69) is 17.0 Å². The van der Waals surface area contributed by atoms with E-state index in [1.807, 2.05) is 12.1 Å². The van der Waals surface area contributed by atoms with E-state index in [0.29, 0.717) is 6.10 Å². The molecule has 3 rings (SSSR count). The molecule has 0 amide bonds. The summed E-state index contributed by atoms with van der Waals surface area (Å²) in [6, 6.07) is 8.22. The number of piperidine rings is 1. The minimum absolute atomic E-state index is 0. The molecule has 2 aliphatic rings. The number of likely N-dealkylation sites (tertiary alicyclic amines) is 1. The molecule has 1 aliphatic heterocycles. The smallest absolute Gasteiger partial charge is 0.0599 e. The summed E-state index contributed by atoms with van der Waals surface area (Å²) in [5.41, 5.74) is 8.00. The third kappa shape index (κ3) is 4.65. The Bertz CT molecular complexity index is 415. The lowest BCUT2D eigenvalue weighted by molar-refractivity contribution is 0.000940. The summed E-state index contributed by atoms with van der Waals surface area (Å²) in [4.78, 5) is 2.51. The highest BCUT2D eigenvalue weighted by molar-refractivity contribution is 5.85. The van der Waals surface area contributed by atoms with Crippen LogP contribution in [0, 0.1) is 5.92 Å². The van der Waals surface area contributed by atoms with Gasteiger partial charge in [-0.05, 0) is 49.3 Å². The Morgan fingerprint density at radius 1 is 1.15 bits per heavy atom. The number of nitrogens with two attached hydrogens (primary N) is 1. The Morgan fingerprint density at radius 2 is 1.90 bits per heavy atom. The minimum atomic E-state index is 0. The molecule has 112 valence electrons. The highest BCUT2D eigenvalue weighted by Gasteiger charge is 2.25. The Hall–Kier alpha value is -0.770. The molecular weight excluding hydrogens is 272 g/mol. The van der Waals surface area contributed by atoms with E-state index < -0.39 is 0 Å². The fourth-order valence-electron chi connectivity index (χ4n) is 2.74. The van der Waals surface area contributed by atoms with Crippen LogP contribution in [0.2, 0.25) is 0 Å². The van der Waals surface area contributed by atoms with Gasteiger partial charge in [-0.2, -0.15) is 0 Å². The summed E-state index contributed by atoms with van der Waals surface area (Å²) >= 11 is 0. The Labute approximate surface area is 127 Å². The zero-order valence-electron chi connectivity index (χ0n) is 12.0. The van der Waals surface area contributed by atoms with E-state index in [0.717, 1.165) is 37.8 Å². The number of rotatable bonds is 5. The normalized spacial score (nSPS) is 20.6. The second-order valence-electron chi connectivity index (χ2n) is 6.00. The Kier molecular flexibility index (Phi) is 5.70. The molecule has 0 bridgehead atoms. The van der Waals surface area contributed by atoms with Crippen molar-refractivity contribution in [2.75, 3.05) is 25.4 Å². The van der Waals surface area contributed by atoms with Crippen LogP contribution in [-0.4, -0.2) is 30.7 Å². The second-order valence-corrected chi connectivity index (χ2v) is 6.00. The maximum absolute atomic E-state index is 5.98. The lowest BCUT2D eigenvalue weighted by Gasteiger charge is -2.32. The van der Waals surface area contributed by atoms with Crippen molar-refractivity contribution in [3.63, 3.8) is 0 Å². The topological polar surface area (TPSA) is 38.5 Å². The number of nitrogen functional groups attached to an aromatic ring is 1. The summed E-state index contributed by atoms with van der Waals surface area (Å²) in [5, 5.41) is 0. The Balaban J connectivity index is 0.00000147. The van der Waals surface area contributed by atoms with Crippen molar-refractivity contribution < 1.29 is 4.74 Å². The fraction of sp³-hybridized carbons (Fsp3) is 0.625. The van der Waals surface area contributed by atoms with Crippen LogP contribution >= 0.6 is 12.4 Å². The SMILES string of the molecule is Cl.Nc1cccc(CN2CCC(OCC3CC3)CC2)c1. The van der Waals surface area contributed by atoms with E-state index >= 15 is 0 Å². The number of halogens is 1. The molecule has 1 heterocycles. The molecule has 1 aromatic carbocycles. The van der Waals surface area contributed by atoms with Crippen molar-refractivity contribution in [1.82, 2.24) is 4.90 Å². The standard InChI is InChI=1S/C16H24N2O.ClH/c17-15-3-1-2-14(10-15)11-18-8-6-16(7-9-18)19-12-13-4-5-13;/h1-3,10,13,16H,4-9,11-12,17H2;1H. The maximum Gasteiger partial charge on any atom is 0.0599 e. The maximum atomic E-state index is 5.98. The highest BCUT2D eigenvalue weighted by Crippen LogP contribution is 2.30. The first-order valence-corrected chi connectivity index (χ1v) is 7.48. The number of benzene rings is 1. The van der Waals surface area contributed by atoms with E-state index in [-0.39, 0.29) is 12.4 Å². The molecule has 1 aliphatic carbocycles. The molecule has 2 fully saturated rings. The number of ether oxygens (including phenoxy) is 1. The summed E-state index contributed by atoms with van der Waals surface area (Å²) in [5.74, 6) is 0.880. The van der Waals surface area contributed by atoms with Crippen LogP contribution in [0.25, 0.3) is 0 Å². The summed E-state index contributed by atoms with van der Waals surface area (Å²) < 4.78 is 5.98. The number of hydrogen-bond donors (Lipinski definition) is 1.